The number of hydrogen-bond acceptors (Lipinski definition) is 1. The summed E-state index contributed by atoms with van der Waals surface area (Å²) in [7, 11) is 0. The number of para-hydroxylation sites is 2. The second-order valence-electron chi connectivity index (χ2n) is 12.0. The molecule has 0 saturated heterocycles. The van der Waals surface area contributed by atoms with Crippen molar-refractivity contribution in [3.63, 3.8) is 0 Å². The van der Waals surface area contributed by atoms with Crippen molar-refractivity contribution in [3.05, 3.63) is 175 Å². The summed E-state index contributed by atoms with van der Waals surface area (Å²) >= 11 is 0. The van der Waals surface area contributed by atoms with E-state index in [4.69, 9.17) is 0 Å². The van der Waals surface area contributed by atoms with Gasteiger partial charge in [-0.3, -0.25) is 0 Å². The maximum atomic E-state index is 10.6. The molecule has 0 spiro atoms. The van der Waals surface area contributed by atoms with Crippen molar-refractivity contribution in [2.45, 2.75) is 0 Å². The summed E-state index contributed by atoms with van der Waals surface area (Å²) in [4.78, 5) is 0. The molecular formula is C45H28N2. The van der Waals surface area contributed by atoms with E-state index in [-0.39, 0.29) is 0 Å². The molecule has 2 nitrogen and oxygen atoms in total. The van der Waals surface area contributed by atoms with Gasteiger partial charge in [0.15, 0.2) is 0 Å². The number of benzene rings is 8. The molecular weight excluding hydrogens is 569 g/mol. The number of fused-ring (bicyclic) bond motifs is 5. The topological polar surface area (TPSA) is 28.7 Å². The van der Waals surface area contributed by atoms with Gasteiger partial charge < -0.3 is 4.57 Å². The number of nitriles is 1. The molecule has 0 aliphatic rings. The molecule has 0 aliphatic heterocycles. The molecule has 0 aliphatic carbocycles. The SMILES string of the molecule is N#Cc1cc(-c2ccccc2-c2c3ccccc3c(-c3ccccc3)c3ccccc23)ccc1-n1c2ccccc2c2ccccc21. The maximum absolute atomic E-state index is 10.6. The van der Waals surface area contributed by atoms with Crippen molar-refractivity contribution in [2.75, 3.05) is 0 Å². The molecule has 0 fully saturated rings. The van der Waals surface area contributed by atoms with Gasteiger partial charge in [-0.05, 0) is 79.2 Å². The Kier molecular flexibility index (Phi) is 6.23. The van der Waals surface area contributed by atoms with Gasteiger partial charge in [0.25, 0.3) is 0 Å². The van der Waals surface area contributed by atoms with E-state index in [0.717, 1.165) is 33.4 Å². The average Bonchev–Trinajstić information content (AvgIpc) is 3.48. The summed E-state index contributed by atoms with van der Waals surface area (Å²) < 4.78 is 2.22. The third-order valence-corrected chi connectivity index (χ3v) is 9.44. The molecule has 9 aromatic rings. The molecule has 1 heterocycles. The Morgan fingerprint density at radius 2 is 0.851 bits per heavy atom. The van der Waals surface area contributed by atoms with Gasteiger partial charge in [-0.1, -0.05) is 146 Å². The number of nitrogens with zero attached hydrogens (tertiary/aromatic N) is 2. The fourth-order valence-corrected chi connectivity index (χ4v) is 7.46. The van der Waals surface area contributed by atoms with Gasteiger partial charge in [0.2, 0.25) is 0 Å². The summed E-state index contributed by atoms with van der Waals surface area (Å²) in [6.07, 6.45) is 0. The maximum Gasteiger partial charge on any atom is 0.101 e. The van der Waals surface area contributed by atoms with Crippen LogP contribution in [0.2, 0.25) is 0 Å². The van der Waals surface area contributed by atoms with Gasteiger partial charge in [-0.25, -0.2) is 0 Å². The molecule has 0 atom stereocenters. The smallest absolute Gasteiger partial charge is 0.101 e. The molecule has 0 radical (unpaired) electrons. The van der Waals surface area contributed by atoms with Crippen LogP contribution in [-0.4, -0.2) is 4.57 Å². The lowest BCUT2D eigenvalue weighted by atomic mass is 9.83. The molecule has 47 heavy (non-hydrogen) atoms. The van der Waals surface area contributed by atoms with Gasteiger partial charge >= 0.3 is 0 Å². The first-order valence-electron chi connectivity index (χ1n) is 15.9. The standard InChI is InChI=1S/C45H28N2/c46-29-32-28-31(26-27-41(32)47-42-24-12-10-17-34(42)35-18-11-13-25-43(35)47)33-16-4-5-19-36(33)45-39-22-8-6-20-37(39)44(30-14-2-1-3-15-30)38-21-7-9-23-40(38)45/h1-28H. The van der Waals surface area contributed by atoms with Crippen molar-refractivity contribution >= 4 is 43.4 Å². The van der Waals surface area contributed by atoms with Crippen LogP contribution in [0.3, 0.4) is 0 Å². The van der Waals surface area contributed by atoms with Gasteiger partial charge in [0, 0.05) is 10.8 Å². The van der Waals surface area contributed by atoms with Crippen molar-refractivity contribution < 1.29 is 0 Å². The van der Waals surface area contributed by atoms with Crippen LogP contribution in [0.5, 0.6) is 0 Å². The van der Waals surface area contributed by atoms with E-state index in [1.165, 1.54) is 49.0 Å². The van der Waals surface area contributed by atoms with E-state index in [0.29, 0.717) is 5.56 Å². The van der Waals surface area contributed by atoms with E-state index in [9.17, 15) is 5.26 Å². The monoisotopic (exact) mass is 596 g/mol. The summed E-state index contributed by atoms with van der Waals surface area (Å²) in [6.45, 7) is 0. The molecule has 218 valence electrons. The highest BCUT2D eigenvalue weighted by Crippen LogP contribution is 2.46. The zero-order valence-electron chi connectivity index (χ0n) is 25.6. The lowest BCUT2D eigenvalue weighted by molar-refractivity contribution is 1.17. The highest BCUT2D eigenvalue weighted by Gasteiger charge is 2.20. The highest BCUT2D eigenvalue weighted by atomic mass is 15.0. The van der Waals surface area contributed by atoms with Crippen LogP contribution in [0.25, 0.3) is 82.4 Å². The third-order valence-electron chi connectivity index (χ3n) is 9.44. The lowest BCUT2D eigenvalue weighted by Gasteiger charge is -2.20. The Morgan fingerprint density at radius 3 is 1.43 bits per heavy atom. The van der Waals surface area contributed by atoms with Crippen LogP contribution in [0.4, 0.5) is 0 Å². The molecule has 9 rings (SSSR count). The highest BCUT2D eigenvalue weighted by molar-refractivity contribution is 6.22. The zero-order chi connectivity index (χ0) is 31.3. The van der Waals surface area contributed by atoms with Crippen LogP contribution >= 0.6 is 0 Å². The predicted octanol–water partition coefficient (Wildman–Crippen LogP) is 12.0. The molecule has 0 amide bonds. The molecule has 2 heteroatoms. The van der Waals surface area contributed by atoms with Crippen LogP contribution in [-0.2, 0) is 0 Å². The van der Waals surface area contributed by atoms with Crippen molar-refractivity contribution in [1.82, 2.24) is 4.57 Å². The first kappa shape index (κ1) is 26.9. The van der Waals surface area contributed by atoms with E-state index < -0.39 is 0 Å². The van der Waals surface area contributed by atoms with E-state index >= 15 is 0 Å². The molecule has 8 aromatic carbocycles. The Balaban J connectivity index is 1.29. The summed E-state index contributed by atoms with van der Waals surface area (Å²) in [5.41, 5.74) is 10.6. The zero-order valence-corrected chi connectivity index (χ0v) is 25.6. The van der Waals surface area contributed by atoms with Gasteiger partial charge in [-0.15, -0.1) is 0 Å². The Hall–Kier alpha value is -6.43. The van der Waals surface area contributed by atoms with Crippen LogP contribution in [0, 0.1) is 11.3 Å². The molecule has 0 bridgehead atoms. The minimum absolute atomic E-state index is 0.637. The predicted molar refractivity (Wildman–Crippen MR) is 197 cm³/mol. The first-order chi connectivity index (χ1) is 23.3. The Bertz CT molecular complexity index is 2580. The number of aromatic nitrogens is 1. The number of rotatable bonds is 4. The normalized spacial score (nSPS) is 11.4. The van der Waals surface area contributed by atoms with E-state index in [1.54, 1.807) is 0 Å². The second kappa shape index (κ2) is 10.9. The number of hydrogen-bond donors (Lipinski definition) is 0. The van der Waals surface area contributed by atoms with E-state index in [1.807, 2.05) is 0 Å². The summed E-state index contributed by atoms with van der Waals surface area (Å²) in [6, 6.07) is 62.5. The first-order valence-corrected chi connectivity index (χ1v) is 15.9. The fourth-order valence-electron chi connectivity index (χ4n) is 7.46. The molecule has 0 unspecified atom stereocenters. The summed E-state index contributed by atoms with van der Waals surface area (Å²) in [5.74, 6) is 0. The van der Waals surface area contributed by atoms with Crippen LogP contribution < -0.4 is 0 Å². The van der Waals surface area contributed by atoms with Crippen molar-refractivity contribution in [2.24, 2.45) is 0 Å². The van der Waals surface area contributed by atoms with Gasteiger partial charge in [0.1, 0.15) is 6.07 Å². The van der Waals surface area contributed by atoms with Crippen molar-refractivity contribution in [3.8, 4) is 45.1 Å². The summed E-state index contributed by atoms with van der Waals surface area (Å²) in [5, 5.41) is 17.8. The Morgan fingerprint density at radius 1 is 0.383 bits per heavy atom. The molecule has 0 N–H and O–H groups in total. The largest absolute Gasteiger partial charge is 0.308 e. The average molecular weight is 597 g/mol. The van der Waals surface area contributed by atoms with Gasteiger partial charge in [0.05, 0.1) is 22.3 Å². The lowest BCUT2D eigenvalue weighted by Crippen LogP contribution is -1.98. The molecule has 0 saturated carbocycles. The van der Waals surface area contributed by atoms with Crippen molar-refractivity contribution in [1.29, 1.82) is 5.26 Å². The fraction of sp³-hybridized carbons (Fsp3) is 0. The molecule has 1 aromatic heterocycles. The van der Waals surface area contributed by atoms with Crippen LogP contribution in [0.15, 0.2) is 170 Å². The second-order valence-corrected chi connectivity index (χ2v) is 12.0. The van der Waals surface area contributed by atoms with Crippen LogP contribution in [0.1, 0.15) is 5.56 Å². The Labute approximate surface area is 273 Å². The van der Waals surface area contributed by atoms with E-state index in [2.05, 4.69) is 180 Å². The third kappa shape index (κ3) is 4.18. The minimum atomic E-state index is 0.637. The minimum Gasteiger partial charge on any atom is -0.308 e. The quantitative estimate of drug-likeness (QED) is 0.186. The van der Waals surface area contributed by atoms with Gasteiger partial charge in [-0.2, -0.15) is 5.26 Å².